The fourth-order valence-electron chi connectivity index (χ4n) is 1.36. The Balaban J connectivity index is 2.80. The second kappa shape index (κ2) is 5.26. The van der Waals surface area contributed by atoms with E-state index in [9.17, 15) is 9.18 Å². The van der Waals surface area contributed by atoms with Crippen molar-refractivity contribution in [2.45, 2.75) is 19.8 Å². The molecule has 0 aliphatic carbocycles. The quantitative estimate of drug-likeness (QED) is 0.915. The molecule has 0 amide bonds. The minimum atomic E-state index is -0.807. The number of hydrogen-bond donors (Lipinski definition) is 1. The molecule has 1 N–H and O–H groups in total. The van der Waals surface area contributed by atoms with Crippen molar-refractivity contribution < 1.29 is 14.3 Å². The Morgan fingerprint density at radius 1 is 1.60 bits per heavy atom. The lowest BCUT2D eigenvalue weighted by atomic mass is 9.97. The zero-order valence-electron chi connectivity index (χ0n) is 8.34. The van der Waals surface area contributed by atoms with Crippen LogP contribution in [0.2, 0.25) is 0 Å². The maximum Gasteiger partial charge on any atom is 0.306 e. The predicted molar refractivity (Wildman–Crippen MR) is 59.2 cm³/mol. The summed E-state index contributed by atoms with van der Waals surface area (Å²) in [5.41, 5.74) is 0.831. The molecule has 0 fully saturated rings. The maximum absolute atomic E-state index is 12.9. The normalized spacial score (nSPS) is 12.5. The van der Waals surface area contributed by atoms with Crippen LogP contribution in [0.3, 0.4) is 0 Å². The zero-order valence-corrected chi connectivity index (χ0v) is 9.92. The molecule has 2 nitrogen and oxygen atoms in total. The average Bonchev–Trinajstić information content (AvgIpc) is 2.19. The number of benzene rings is 1. The summed E-state index contributed by atoms with van der Waals surface area (Å²) in [6.07, 6.45) is 1.01. The summed E-state index contributed by atoms with van der Waals surface area (Å²) in [6.45, 7) is 1.83. The van der Waals surface area contributed by atoms with Gasteiger partial charge in [0.15, 0.2) is 0 Å². The number of carbonyl (C=O) groups is 1. The predicted octanol–water partition coefficient (Wildman–Crippen LogP) is 3.24. The van der Waals surface area contributed by atoms with Crippen LogP contribution in [-0.4, -0.2) is 11.1 Å². The van der Waals surface area contributed by atoms with E-state index in [1.807, 2.05) is 6.92 Å². The Kier molecular flexibility index (Phi) is 4.27. The third kappa shape index (κ3) is 3.30. The van der Waals surface area contributed by atoms with Crippen LogP contribution in [0.5, 0.6) is 0 Å². The van der Waals surface area contributed by atoms with Crippen molar-refractivity contribution in [3.05, 3.63) is 34.1 Å². The van der Waals surface area contributed by atoms with E-state index in [1.54, 1.807) is 12.1 Å². The number of hydrogen-bond acceptors (Lipinski definition) is 1. The fraction of sp³-hybridized carbons (Fsp3) is 0.364. The van der Waals surface area contributed by atoms with Gasteiger partial charge < -0.3 is 5.11 Å². The minimum absolute atomic E-state index is 0.331. The molecule has 0 heterocycles. The van der Waals surface area contributed by atoms with Gasteiger partial charge in [-0.15, -0.1) is 0 Å². The maximum atomic E-state index is 12.9. The largest absolute Gasteiger partial charge is 0.481 e. The Hall–Kier alpha value is -0.900. The SMILES string of the molecule is CCC(Cc1ccc(F)c(Br)c1)C(=O)O. The van der Waals surface area contributed by atoms with E-state index in [0.29, 0.717) is 17.3 Å². The molecule has 0 saturated carbocycles. The van der Waals surface area contributed by atoms with E-state index in [4.69, 9.17) is 5.11 Å². The molecular formula is C11H12BrFO2. The molecule has 0 aliphatic rings. The molecule has 0 aliphatic heterocycles. The molecule has 0 saturated heterocycles. The summed E-state index contributed by atoms with van der Waals surface area (Å²) >= 11 is 3.07. The lowest BCUT2D eigenvalue weighted by molar-refractivity contribution is -0.141. The van der Waals surface area contributed by atoms with Crippen LogP contribution in [0.4, 0.5) is 4.39 Å². The summed E-state index contributed by atoms with van der Waals surface area (Å²) in [7, 11) is 0. The van der Waals surface area contributed by atoms with Crippen molar-refractivity contribution in [1.82, 2.24) is 0 Å². The summed E-state index contributed by atoms with van der Waals surface area (Å²) in [5.74, 6) is -1.54. The van der Waals surface area contributed by atoms with Gasteiger partial charge in [0, 0.05) is 0 Å². The highest BCUT2D eigenvalue weighted by molar-refractivity contribution is 9.10. The van der Waals surface area contributed by atoms with Crippen molar-refractivity contribution in [3.8, 4) is 0 Å². The van der Waals surface area contributed by atoms with Crippen LogP contribution < -0.4 is 0 Å². The summed E-state index contributed by atoms with van der Waals surface area (Å²) in [5, 5.41) is 8.87. The highest BCUT2D eigenvalue weighted by Crippen LogP contribution is 2.20. The monoisotopic (exact) mass is 274 g/mol. The number of carboxylic acid groups (broad SMARTS) is 1. The van der Waals surface area contributed by atoms with E-state index >= 15 is 0 Å². The van der Waals surface area contributed by atoms with E-state index in [0.717, 1.165) is 5.56 Å². The molecule has 1 unspecified atom stereocenters. The first kappa shape index (κ1) is 12.2. The Bertz CT molecular complexity index is 366. The molecular weight excluding hydrogens is 263 g/mol. The van der Waals surface area contributed by atoms with Gasteiger partial charge in [-0.05, 0) is 46.5 Å². The van der Waals surface area contributed by atoms with Gasteiger partial charge in [-0.25, -0.2) is 4.39 Å². The van der Waals surface area contributed by atoms with Gasteiger partial charge in [0.05, 0.1) is 10.4 Å². The average molecular weight is 275 g/mol. The van der Waals surface area contributed by atoms with Crippen LogP contribution in [-0.2, 0) is 11.2 Å². The molecule has 0 radical (unpaired) electrons. The first-order valence-electron chi connectivity index (χ1n) is 4.71. The molecule has 1 aromatic rings. The van der Waals surface area contributed by atoms with Crippen LogP contribution in [0, 0.1) is 11.7 Å². The van der Waals surface area contributed by atoms with Crippen molar-refractivity contribution in [2.24, 2.45) is 5.92 Å². The zero-order chi connectivity index (χ0) is 11.4. The topological polar surface area (TPSA) is 37.3 Å². The van der Waals surface area contributed by atoms with E-state index < -0.39 is 11.9 Å². The lowest BCUT2D eigenvalue weighted by Crippen LogP contribution is -2.15. The fourth-order valence-corrected chi connectivity index (χ4v) is 1.78. The first-order valence-corrected chi connectivity index (χ1v) is 5.50. The van der Waals surface area contributed by atoms with Crippen molar-refractivity contribution in [3.63, 3.8) is 0 Å². The number of halogens is 2. The van der Waals surface area contributed by atoms with Gasteiger partial charge in [0.2, 0.25) is 0 Å². The summed E-state index contributed by atoms with van der Waals surface area (Å²) < 4.78 is 13.3. The van der Waals surface area contributed by atoms with Crippen LogP contribution in [0.25, 0.3) is 0 Å². The molecule has 0 bridgehead atoms. The van der Waals surface area contributed by atoms with Gasteiger partial charge in [-0.3, -0.25) is 4.79 Å². The molecule has 1 atom stereocenters. The Morgan fingerprint density at radius 3 is 2.73 bits per heavy atom. The van der Waals surface area contributed by atoms with Crippen molar-refractivity contribution in [2.75, 3.05) is 0 Å². The molecule has 15 heavy (non-hydrogen) atoms. The van der Waals surface area contributed by atoms with Gasteiger partial charge >= 0.3 is 5.97 Å². The van der Waals surface area contributed by atoms with E-state index in [-0.39, 0.29) is 5.82 Å². The number of aliphatic carboxylic acids is 1. The Morgan fingerprint density at radius 2 is 2.27 bits per heavy atom. The highest BCUT2D eigenvalue weighted by Gasteiger charge is 2.15. The van der Waals surface area contributed by atoms with Crippen LogP contribution >= 0.6 is 15.9 Å². The van der Waals surface area contributed by atoms with E-state index in [2.05, 4.69) is 15.9 Å². The third-order valence-electron chi connectivity index (χ3n) is 2.31. The highest BCUT2D eigenvalue weighted by atomic mass is 79.9. The Labute approximate surface area is 96.2 Å². The lowest BCUT2D eigenvalue weighted by Gasteiger charge is -2.09. The molecule has 1 aromatic carbocycles. The van der Waals surface area contributed by atoms with Gasteiger partial charge in [0.25, 0.3) is 0 Å². The third-order valence-corrected chi connectivity index (χ3v) is 2.92. The smallest absolute Gasteiger partial charge is 0.306 e. The molecule has 4 heteroatoms. The van der Waals surface area contributed by atoms with Crippen molar-refractivity contribution in [1.29, 1.82) is 0 Å². The standard InChI is InChI=1S/C11H12BrFO2/c1-2-8(11(14)15)5-7-3-4-10(13)9(12)6-7/h3-4,6,8H,2,5H2,1H3,(H,14,15). The molecule has 0 aromatic heterocycles. The molecule has 1 rings (SSSR count). The number of rotatable bonds is 4. The van der Waals surface area contributed by atoms with Crippen LogP contribution in [0.1, 0.15) is 18.9 Å². The second-order valence-electron chi connectivity index (χ2n) is 3.40. The molecule has 0 spiro atoms. The summed E-state index contributed by atoms with van der Waals surface area (Å²) in [4.78, 5) is 10.8. The van der Waals surface area contributed by atoms with E-state index in [1.165, 1.54) is 6.07 Å². The molecule has 82 valence electrons. The summed E-state index contributed by atoms with van der Waals surface area (Å²) in [6, 6.07) is 4.58. The first-order chi connectivity index (χ1) is 7.04. The van der Waals surface area contributed by atoms with Gasteiger partial charge in [-0.2, -0.15) is 0 Å². The minimum Gasteiger partial charge on any atom is -0.481 e. The number of carboxylic acids is 1. The van der Waals surface area contributed by atoms with Crippen LogP contribution in [0.15, 0.2) is 22.7 Å². The van der Waals surface area contributed by atoms with Crippen molar-refractivity contribution >= 4 is 21.9 Å². The van der Waals surface area contributed by atoms with Gasteiger partial charge in [0.1, 0.15) is 5.82 Å². The van der Waals surface area contributed by atoms with Gasteiger partial charge in [-0.1, -0.05) is 13.0 Å². The second-order valence-corrected chi connectivity index (χ2v) is 4.25.